The van der Waals surface area contributed by atoms with Gasteiger partial charge >= 0.3 is 7.82 Å². The number of rotatable bonds is 24. The smallest absolute Gasteiger partial charge is 0.394 e. The number of carbonyl (C=O) groups is 1. The van der Waals surface area contributed by atoms with Gasteiger partial charge in [-0.2, -0.15) is 0 Å². The molecular weight excluding hydrogens is 433 g/mol. The highest BCUT2D eigenvalue weighted by Crippen LogP contribution is 2.45. The molecule has 0 fully saturated rings. The average Bonchev–Trinajstić information content (AvgIpc) is 2.78. The Morgan fingerprint density at radius 2 is 1.31 bits per heavy atom. The molecule has 0 aromatic heterocycles. The molecule has 0 aliphatic rings. The van der Waals surface area contributed by atoms with E-state index in [9.17, 15) is 19.4 Å². The molecule has 0 bridgehead atoms. The molecule has 0 spiro atoms. The van der Waals surface area contributed by atoms with E-state index in [0.29, 0.717) is 6.42 Å². The van der Waals surface area contributed by atoms with E-state index in [2.05, 4.69) is 11.4 Å². The summed E-state index contributed by atoms with van der Waals surface area (Å²) in [6.45, 7) is 1.28. The van der Waals surface area contributed by atoms with Crippen LogP contribution in [-0.4, -0.2) is 52.9 Å². The lowest BCUT2D eigenvalue weighted by Gasteiger charge is -2.23. The van der Waals surface area contributed by atoms with Crippen molar-refractivity contribution in [1.29, 1.82) is 0 Å². The number of aliphatic hydroxyl groups excluding tert-OH is 2. The van der Waals surface area contributed by atoms with E-state index in [1.807, 2.05) is 0 Å². The zero-order valence-electron chi connectivity index (χ0n) is 20.1. The number of phosphoric acid groups is 1. The van der Waals surface area contributed by atoms with E-state index in [0.717, 1.165) is 19.3 Å². The van der Waals surface area contributed by atoms with E-state index in [-0.39, 0.29) is 19.6 Å². The normalized spacial score (nSPS) is 15.4. The fraction of sp³-hybridized carbons (Fsp3) is 0.957. The number of phosphoric ester groups is 1. The molecule has 0 amide bonds. The van der Waals surface area contributed by atoms with Gasteiger partial charge < -0.3 is 20.8 Å². The molecule has 2 unspecified atom stereocenters. The monoisotopic (exact) mass is 481 g/mol. The van der Waals surface area contributed by atoms with Gasteiger partial charge in [0.05, 0.1) is 13.2 Å². The summed E-state index contributed by atoms with van der Waals surface area (Å²) < 4.78 is 21.2. The standard InChI is InChI=1S/C23H48NO7P/c1-2-3-4-5-6-7-8-9-10-11-12-13-14-15-16-17-21(26)23(22(27)20-25)31-32(28,29)30-19-18-24/h22-23,25,27H,2-20,24H2,1H3,(H,28,29)/t22-,23?/m0/s1. The molecular formula is C23H48NO7P. The largest absolute Gasteiger partial charge is 0.473 e. The SMILES string of the molecule is CCCCCCCCCCCCCCCCCC(=O)C(OP(=O)(O)OCCN)[C@@H](O)CO. The number of Topliss-reactive ketones (excluding diaryl/α,β-unsaturated/α-hetero) is 1. The first-order chi connectivity index (χ1) is 15.4. The molecule has 0 saturated carbocycles. The van der Waals surface area contributed by atoms with Crippen molar-refractivity contribution < 1.29 is 33.5 Å². The predicted molar refractivity (Wildman–Crippen MR) is 127 cm³/mol. The summed E-state index contributed by atoms with van der Waals surface area (Å²) >= 11 is 0. The van der Waals surface area contributed by atoms with Gasteiger partial charge in [0, 0.05) is 13.0 Å². The van der Waals surface area contributed by atoms with E-state index >= 15 is 0 Å². The molecule has 0 heterocycles. The van der Waals surface area contributed by atoms with Gasteiger partial charge in [-0.25, -0.2) is 4.57 Å². The van der Waals surface area contributed by atoms with E-state index < -0.39 is 32.4 Å². The molecule has 0 aromatic rings. The second kappa shape index (κ2) is 21.2. The van der Waals surface area contributed by atoms with Crippen LogP contribution < -0.4 is 5.73 Å². The van der Waals surface area contributed by atoms with E-state index in [4.69, 9.17) is 15.4 Å². The maximum Gasteiger partial charge on any atom is 0.473 e. The minimum atomic E-state index is -4.53. The highest BCUT2D eigenvalue weighted by Gasteiger charge is 2.35. The lowest BCUT2D eigenvalue weighted by Crippen LogP contribution is -2.38. The van der Waals surface area contributed by atoms with Crippen LogP contribution in [0.15, 0.2) is 0 Å². The fourth-order valence-corrected chi connectivity index (χ4v) is 4.54. The van der Waals surface area contributed by atoms with Crippen LogP contribution in [0.25, 0.3) is 0 Å². The van der Waals surface area contributed by atoms with Crippen molar-refractivity contribution in [3.63, 3.8) is 0 Å². The third kappa shape index (κ3) is 18.1. The Kier molecular flexibility index (Phi) is 21.0. The molecule has 0 saturated heterocycles. The van der Waals surface area contributed by atoms with E-state index in [1.165, 1.54) is 70.6 Å². The van der Waals surface area contributed by atoms with Gasteiger partial charge in [-0.05, 0) is 6.42 Å². The number of carbonyl (C=O) groups excluding carboxylic acids is 1. The average molecular weight is 482 g/mol. The zero-order chi connectivity index (χ0) is 24.1. The Balaban J connectivity index is 3.82. The summed E-state index contributed by atoms with van der Waals surface area (Å²) in [4.78, 5) is 21.9. The number of aliphatic hydroxyl groups is 2. The van der Waals surface area contributed by atoms with Crippen LogP contribution in [0.1, 0.15) is 110 Å². The second-order valence-electron chi connectivity index (χ2n) is 8.53. The molecule has 5 N–H and O–H groups in total. The fourth-order valence-electron chi connectivity index (χ4n) is 3.59. The molecule has 3 atom stereocenters. The van der Waals surface area contributed by atoms with E-state index in [1.54, 1.807) is 0 Å². The van der Waals surface area contributed by atoms with Crippen LogP contribution in [0.4, 0.5) is 0 Å². The van der Waals surface area contributed by atoms with Crippen LogP contribution in [0.2, 0.25) is 0 Å². The van der Waals surface area contributed by atoms with Crippen LogP contribution in [0.5, 0.6) is 0 Å². The Morgan fingerprint density at radius 1 is 0.875 bits per heavy atom. The summed E-state index contributed by atoms with van der Waals surface area (Å²) in [6.07, 6.45) is 15.1. The summed E-state index contributed by atoms with van der Waals surface area (Å²) in [5.74, 6) is -0.521. The van der Waals surface area contributed by atoms with Crippen molar-refractivity contribution in [2.24, 2.45) is 5.73 Å². The third-order valence-electron chi connectivity index (χ3n) is 5.50. The number of hydrogen-bond donors (Lipinski definition) is 4. The maximum absolute atomic E-state index is 12.3. The van der Waals surface area contributed by atoms with Gasteiger partial charge in [-0.15, -0.1) is 0 Å². The van der Waals surface area contributed by atoms with Crippen molar-refractivity contribution in [3.05, 3.63) is 0 Å². The van der Waals surface area contributed by atoms with Crippen LogP contribution >= 0.6 is 7.82 Å². The molecule has 8 nitrogen and oxygen atoms in total. The van der Waals surface area contributed by atoms with Crippen LogP contribution in [-0.2, 0) is 18.4 Å². The lowest BCUT2D eigenvalue weighted by molar-refractivity contribution is -0.134. The summed E-state index contributed by atoms with van der Waals surface area (Å²) in [5.41, 5.74) is 5.21. The first-order valence-electron chi connectivity index (χ1n) is 12.5. The Hall–Kier alpha value is -0.340. The molecule has 0 aromatic carbocycles. The molecule has 9 heteroatoms. The summed E-state index contributed by atoms with van der Waals surface area (Å²) in [5, 5.41) is 18.9. The number of ketones is 1. The van der Waals surface area contributed by atoms with Gasteiger partial charge in [0.15, 0.2) is 11.9 Å². The topological polar surface area (TPSA) is 139 Å². The first-order valence-corrected chi connectivity index (χ1v) is 14.0. The van der Waals surface area contributed by atoms with Gasteiger partial charge in [0.2, 0.25) is 0 Å². The zero-order valence-corrected chi connectivity index (χ0v) is 21.0. The van der Waals surface area contributed by atoms with Gasteiger partial charge in [-0.3, -0.25) is 13.8 Å². The first kappa shape index (κ1) is 31.7. The maximum atomic E-state index is 12.3. The van der Waals surface area contributed by atoms with Gasteiger partial charge in [0.1, 0.15) is 6.10 Å². The summed E-state index contributed by atoms with van der Waals surface area (Å²) in [7, 11) is -4.53. The van der Waals surface area contributed by atoms with Crippen molar-refractivity contribution >= 4 is 13.6 Å². The van der Waals surface area contributed by atoms with Crippen LogP contribution in [0.3, 0.4) is 0 Å². The molecule has 192 valence electrons. The molecule has 0 rings (SSSR count). The van der Waals surface area contributed by atoms with Crippen molar-refractivity contribution in [3.8, 4) is 0 Å². The van der Waals surface area contributed by atoms with Crippen molar-refractivity contribution in [2.75, 3.05) is 19.8 Å². The Bertz CT molecular complexity index is 493. The van der Waals surface area contributed by atoms with Crippen LogP contribution in [0, 0.1) is 0 Å². The Morgan fingerprint density at radius 3 is 1.72 bits per heavy atom. The number of nitrogens with two attached hydrogens (primary N) is 1. The van der Waals surface area contributed by atoms with Gasteiger partial charge in [0.25, 0.3) is 0 Å². The number of hydrogen-bond acceptors (Lipinski definition) is 7. The predicted octanol–water partition coefficient (Wildman–Crippen LogP) is 4.63. The Labute approximate surface area is 194 Å². The molecule has 0 aliphatic carbocycles. The highest BCUT2D eigenvalue weighted by atomic mass is 31.2. The molecule has 0 radical (unpaired) electrons. The van der Waals surface area contributed by atoms with Gasteiger partial charge in [-0.1, -0.05) is 96.8 Å². The molecule has 0 aliphatic heterocycles. The second-order valence-corrected chi connectivity index (χ2v) is 9.94. The highest BCUT2D eigenvalue weighted by molar-refractivity contribution is 7.47. The minimum absolute atomic E-state index is 0.00814. The van der Waals surface area contributed by atoms with Crippen molar-refractivity contribution in [2.45, 2.75) is 122 Å². The quantitative estimate of drug-likeness (QED) is 0.116. The van der Waals surface area contributed by atoms with Crippen molar-refractivity contribution in [1.82, 2.24) is 0 Å². The number of unbranched alkanes of at least 4 members (excludes halogenated alkanes) is 14. The lowest BCUT2D eigenvalue weighted by atomic mass is 10.0. The summed E-state index contributed by atoms with van der Waals surface area (Å²) in [6, 6.07) is 0. The minimum Gasteiger partial charge on any atom is -0.394 e. The molecule has 32 heavy (non-hydrogen) atoms. The third-order valence-corrected chi connectivity index (χ3v) is 6.50.